The number of hydrogen-bond donors (Lipinski definition) is 1. The van der Waals surface area contributed by atoms with Gasteiger partial charge in [-0.05, 0) is 0 Å². The first kappa shape index (κ1) is 8.07. The van der Waals surface area contributed by atoms with Crippen LogP contribution in [0.4, 0.5) is 4.79 Å². The Morgan fingerprint density at radius 2 is 2.33 bits per heavy atom. The monoisotopic (exact) mass is 149 g/mol. The Kier molecular flexibility index (Phi) is 3.59. The van der Waals surface area contributed by atoms with Crippen LogP contribution in [0, 0.1) is 0 Å². The first-order valence-corrected chi connectivity index (χ1v) is 3.14. The predicted molar refractivity (Wildman–Crippen MR) is 27.4 cm³/mol. The molecule has 9 heavy (non-hydrogen) atoms. The molecule has 6 heteroatoms. The minimum absolute atomic E-state index is 0.695. The van der Waals surface area contributed by atoms with Crippen LogP contribution in [0.5, 0.6) is 0 Å². The lowest BCUT2D eigenvalue weighted by Gasteiger charge is -1.84. The maximum atomic E-state index is 9.73. The zero-order valence-corrected chi connectivity index (χ0v) is 5.21. The Balaban J connectivity index is 3.48. The standard InChI is InChI=1S/C3H4NO4P/c4-3(5)8-1-2-9(6)7/h1-2H,(H2,4,5). The highest BCUT2D eigenvalue weighted by molar-refractivity contribution is 7.40. The molecule has 0 radical (unpaired) electrons. The Labute approximate surface area is 52.0 Å². The molecule has 0 fully saturated rings. The molecule has 0 rings (SSSR count). The summed E-state index contributed by atoms with van der Waals surface area (Å²) in [5.41, 5.74) is 4.47. The first-order valence-electron chi connectivity index (χ1n) is 1.89. The summed E-state index contributed by atoms with van der Waals surface area (Å²) < 4.78 is 13.6. The molecular weight excluding hydrogens is 145 g/mol. The van der Waals surface area contributed by atoms with Gasteiger partial charge in [-0.2, -0.15) is 0 Å². The van der Waals surface area contributed by atoms with Gasteiger partial charge >= 0.3 is 14.1 Å². The van der Waals surface area contributed by atoms with Gasteiger partial charge in [-0.15, -0.1) is 0 Å². The molecule has 0 saturated carbocycles. The predicted octanol–water partition coefficient (Wildman–Crippen LogP) is -0.344. The number of ether oxygens (including phenoxy) is 1. The fraction of sp³-hybridized carbons (Fsp3) is 0. The molecule has 0 aliphatic heterocycles. The Hall–Kier alpha value is -0.930. The van der Waals surface area contributed by atoms with Crippen LogP contribution in [0.2, 0.25) is 0 Å². The molecule has 2 N–H and O–H groups in total. The number of amides is 1. The van der Waals surface area contributed by atoms with Gasteiger partial charge in [0.05, 0.1) is 0 Å². The van der Waals surface area contributed by atoms with E-state index in [9.17, 15) is 14.3 Å². The van der Waals surface area contributed by atoms with Crippen molar-refractivity contribution in [1.82, 2.24) is 0 Å². The Morgan fingerprint density at radius 1 is 1.78 bits per heavy atom. The molecule has 1 atom stereocenters. The second kappa shape index (κ2) is 4.00. The molecule has 0 heterocycles. The summed E-state index contributed by atoms with van der Waals surface area (Å²) in [6, 6.07) is 0. The van der Waals surface area contributed by atoms with Crippen molar-refractivity contribution in [3.8, 4) is 0 Å². The second-order valence-corrected chi connectivity index (χ2v) is 1.88. The molecule has 0 aromatic carbocycles. The van der Waals surface area contributed by atoms with Gasteiger partial charge in [0.15, 0.2) is 5.82 Å². The van der Waals surface area contributed by atoms with E-state index < -0.39 is 14.1 Å². The highest BCUT2D eigenvalue weighted by Gasteiger charge is 1.90. The van der Waals surface area contributed by atoms with Crippen molar-refractivity contribution in [2.75, 3.05) is 0 Å². The average Bonchev–Trinajstić information content (AvgIpc) is 1.63. The van der Waals surface area contributed by atoms with E-state index in [1.165, 1.54) is 0 Å². The largest absolute Gasteiger partial charge is 0.591 e. The molecule has 0 aromatic rings. The molecule has 1 amide bonds. The SMILES string of the molecule is NC(=O)OC=C[P+](=O)[O-]. The van der Waals surface area contributed by atoms with Crippen molar-refractivity contribution in [3.63, 3.8) is 0 Å². The second-order valence-electron chi connectivity index (χ2n) is 1.01. The van der Waals surface area contributed by atoms with Crippen LogP contribution in [0.15, 0.2) is 12.1 Å². The molecule has 0 aliphatic carbocycles. The van der Waals surface area contributed by atoms with Crippen LogP contribution in [0.25, 0.3) is 0 Å². The zero-order valence-electron chi connectivity index (χ0n) is 4.31. The molecule has 0 bridgehead atoms. The molecule has 0 spiro atoms. The Morgan fingerprint density at radius 3 is 2.67 bits per heavy atom. The summed E-state index contributed by atoms with van der Waals surface area (Å²) in [6.07, 6.45) is -0.336. The topological polar surface area (TPSA) is 92.5 Å². The third kappa shape index (κ3) is 7.07. The van der Waals surface area contributed by atoms with Crippen LogP contribution in [-0.4, -0.2) is 6.09 Å². The van der Waals surface area contributed by atoms with E-state index in [1.54, 1.807) is 0 Å². The fourth-order valence-electron chi connectivity index (χ4n) is 0.147. The van der Waals surface area contributed by atoms with Gasteiger partial charge in [-0.3, -0.25) is 0 Å². The molecular formula is C3H4NO4P. The third-order valence-corrected chi connectivity index (χ3v) is 0.732. The van der Waals surface area contributed by atoms with E-state index in [4.69, 9.17) is 0 Å². The minimum atomic E-state index is -2.64. The van der Waals surface area contributed by atoms with Crippen LogP contribution in [0.3, 0.4) is 0 Å². The third-order valence-electron chi connectivity index (χ3n) is 0.367. The van der Waals surface area contributed by atoms with E-state index in [2.05, 4.69) is 10.5 Å². The summed E-state index contributed by atoms with van der Waals surface area (Å²) in [5.74, 6) is 0.695. The number of primary amides is 1. The van der Waals surface area contributed by atoms with E-state index in [0.29, 0.717) is 12.1 Å². The Bertz CT molecular complexity index is 154. The molecule has 0 saturated heterocycles. The lowest BCUT2D eigenvalue weighted by molar-refractivity contribution is -0.161. The molecule has 50 valence electrons. The summed E-state index contributed by atoms with van der Waals surface area (Å²) in [5, 5.41) is 0. The van der Waals surface area contributed by atoms with Crippen LogP contribution in [-0.2, 0) is 9.30 Å². The van der Waals surface area contributed by atoms with Crippen molar-refractivity contribution < 1.29 is 19.0 Å². The highest BCUT2D eigenvalue weighted by Crippen LogP contribution is 2.06. The smallest absolute Gasteiger partial charge is 0.409 e. The summed E-state index contributed by atoms with van der Waals surface area (Å²) >= 11 is 0. The lowest BCUT2D eigenvalue weighted by Crippen LogP contribution is -2.08. The quantitative estimate of drug-likeness (QED) is 0.429. The number of carbonyl (C=O) groups excluding carboxylic acids is 1. The highest BCUT2D eigenvalue weighted by atomic mass is 31.1. The van der Waals surface area contributed by atoms with Gasteiger partial charge < -0.3 is 15.4 Å². The maximum Gasteiger partial charge on any atom is 0.409 e. The van der Waals surface area contributed by atoms with Crippen molar-refractivity contribution >= 4 is 14.1 Å². The van der Waals surface area contributed by atoms with Crippen molar-refractivity contribution in [2.24, 2.45) is 5.73 Å². The number of hydrogen-bond acceptors (Lipinski definition) is 4. The number of nitrogens with two attached hydrogens (primary N) is 1. The fourth-order valence-corrected chi connectivity index (χ4v) is 0.307. The first-order chi connectivity index (χ1) is 4.13. The average molecular weight is 149 g/mol. The van der Waals surface area contributed by atoms with E-state index >= 15 is 0 Å². The summed E-state index contributed by atoms with van der Waals surface area (Å²) in [6.45, 7) is 0. The van der Waals surface area contributed by atoms with E-state index in [1.807, 2.05) is 0 Å². The maximum absolute atomic E-state index is 9.73. The van der Waals surface area contributed by atoms with Crippen LogP contribution >= 0.6 is 8.03 Å². The molecule has 5 nitrogen and oxygen atoms in total. The minimum Gasteiger partial charge on any atom is -0.591 e. The van der Waals surface area contributed by atoms with Gasteiger partial charge in [-0.1, -0.05) is 4.57 Å². The van der Waals surface area contributed by atoms with Gasteiger partial charge in [0, 0.05) is 0 Å². The van der Waals surface area contributed by atoms with Crippen LogP contribution < -0.4 is 10.6 Å². The zero-order chi connectivity index (χ0) is 7.28. The summed E-state index contributed by atoms with van der Waals surface area (Å²) in [4.78, 5) is 19.4. The lowest BCUT2D eigenvalue weighted by atomic mass is 11.1. The number of carbonyl (C=O) groups is 1. The van der Waals surface area contributed by atoms with Gasteiger partial charge in [-0.25, -0.2) is 4.79 Å². The van der Waals surface area contributed by atoms with E-state index in [0.717, 1.165) is 0 Å². The summed E-state index contributed by atoms with van der Waals surface area (Å²) in [7, 11) is -2.64. The van der Waals surface area contributed by atoms with Crippen molar-refractivity contribution in [2.45, 2.75) is 0 Å². The van der Waals surface area contributed by atoms with Gasteiger partial charge in [0.1, 0.15) is 6.26 Å². The number of rotatable bonds is 2. The molecule has 0 aromatic heterocycles. The van der Waals surface area contributed by atoms with Crippen molar-refractivity contribution in [3.05, 3.63) is 12.1 Å². The van der Waals surface area contributed by atoms with Crippen molar-refractivity contribution in [1.29, 1.82) is 0 Å². The van der Waals surface area contributed by atoms with Gasteiger partial charge in [0.25, 0.3) is 0 Å². The van der Waals surface area contributed by atoms with Crippen LogP contribution in [0.1, 0.15) is 0 Å². The molecule has 1 unspecified atom stereocenters. The van der Waals surface area contributed by atoms with E-state index in [-0.39, 0.29) is 0 Å². The van der Waals surface area contributed by atoms with Gasteiger partial charge in [0.2, 0.25) is 0 Å². The molecule has 0 aliphatic rings. The normalized spacial score (nSPS) is 11.4.